The van der Waals surface area contributed by atoms with E-state index in [1.165, 1.54) is 0 Å². The summed E-state index contributed by atoms with van der Waals surface area (Å²) in [4.78, 5) is 4.68. The predicted molar refractivity (Wildman–Crippen MR) is 72.3 cm³/mol. The fourth-order valence-electron chi connectivity index (χ4n) is 2.34. The van der Waals surface area contributed by atoms with Gasteiger partial charge in [-0.05, 0) is 31.8 Å². The molecule has 0 bridgehead atoms. The highest BCUT2D eigenvalue weighted by Crippen LogP contribution is 2.22. The molecule has 0 aliphatic carbocycles. The monoisotopic (exact) mass is 253 g/mol. The maximum Gasteiger partial charge on any atom is 0.0465 e. The van der Waals surface area contributed by atoms with Gasteiger partial charge in [0.1, 0.15) is 0 Å². The van der Waals surface area contributed by atoms with Crippen LogP contribution in [0.15, 0.2) is 24.3 Å². The van der Waals surface area contributed by atoms with E-state index in [4.69, 9.17) is 17.3 Å². The molecule has 0 radical (unpaired) electrons. The van der Waals surface area contributed by atoms with Crippen LogP contribution in [-0.4, -0.2) is 49.6 Å². The second kappa shape index (κ2) is 5.36. The van der Waals surface area contributed by atoms with Crippen LogP contribution in [0.4, 0.5) is 0 Å². The molecule has 1 saturated heterocycles. The molecule has 2 N–H and O–H groups in total. The molecule has 2 unspecified atom stereocenters. The van der Waals surface area contributed by atoms with E-state index in [1.807, 2.05) is 24.3 Å². The van der Waals surface area contributed by atoms with Crippen molar-refractivity contribution in [1.82, 2.24) is 9.80 Å². The minimum absolute atomic E-state index is 0.0417. The smallest absolute Gasteiger partial charge is 0.0465 e. The Morgan fingerprint density at radius 3 is 2.53 bits per heavy atom. The van der Waals surface area contributed by atoms with E-state index in [2.05, 4.69) is 23.9 Å². The van der Waals surface area contributed by atoms with Crippen LogP contribution in [0.2, 0.25) is 5.02 Å². The highest BCUT2D eigenvalue weighted by molar-refractivity contribution is 6.30. The Labute approximate surface area is 108 Å². The molecule has 0 amide bonds. The molecule has 1 aliphatic rings. The van der Waals surface area contributed by atoms with Gasteiger partial charge in [-0.1, -0.05) is 23.7 Å². The van der Waals surface area contributed by atoms with Crippen LogP contribution in [0, 0.1) is 0 Å². The molecule has 2 atom stereocenters. The molecule has 1 fully saturated rings. The lowest BCUT2D eigenvalue weighted by atomic mass is 9.97. The molecule has 3 nitrogen and oxygen atoms in total. The van der Waals surface area contributed by atoms with Gasteiger partial charge in [0.25, 0.3) is 0 Å². The van der Waals surface area contributed by atoms with Crippen molar-refractivity contribution in [3.8, 4) is 0 Å². The number of nitrogens with zero attached hydrogens (tertiary/aromatic N) is 2. The lowest BCUT2D eigenvalue weighted by molar-refractivity contribution is 0.0974. The van der Waals surface area contributed by atoms with Gasteiger partial charge in [0.2, 0.25) is 0 Å². The molecule has 0 saturated carbocycles. The Morgan fingerprint density at radius 2 is 1.88 bits per heavy atom. The van der Waals surface area contributed by atoms with Crippen LogP contribution < -0.4 is 5.73 Å². The van der Waals surface area contributed by atoms with E-state index in [0.717, 1.165) is 30.2 Å². The molecule has 94 valence electrons. The Kier molecular flexibility index (Phi) is 4.05. The van der Waals surface area contributed by atoms with Gasteiger partial charge in [-0.15, -0.1) is 0 Å². The summed E-state index contributed by atoms with van der Waals surface area (Å²) in [6.45, 7) is 3.20. The van der Waals surface area contributed by atoms with Gasteiger partial charge in [0.15, 0.2) is 0 Å². The van der Waals surface area contributed by atoms with Crippen LogP contribution >= 0.6 is 11.6 Å². The topological polar surface area (TPSA) is 32.5 Å². The zero-order valence-corrected chi connectivity index (χ0v) is 11.2. The van der Waals surface area contributed by atoms with Gasteiger partial charge in [0, 0.05) is 36.7 Å². The van der Waals surface area contributed by atoms with Crippen LogP contribution in [0.3, 0.4) is 0 Å². The van der Waals surface area contributed by atoms with E-state index in [9.17, 15) is 0 Å². The van der Waals surface area contributed by atoms with Crippen molar-refractivity contribution in [3.63, 3.8) is 0 Å². The summed E-state index contributed by atoms with van der Waals surface area (Å²) in [5, 5.41) is 0.759. The number of benzene rings is 1. The van der Waals surface area contributed by atoms with Crippen LogP contribution in [0.25, 0.3) is 0 Å². The average Bonchev–Trinajstić information content (AvgIpc) is 2.32. The normalized spacial score (nSPS) is 24.8. The number of hydrogen-bond donors (Lipinski definition) is 1. The summed E-state index contributed by atoms with van der Waals surface area (Å²) in [5.74, 6) is 0. The number of piperazine rings is 1. The highest BCUT2D eigenvalue weighted by Gasteiger charge is 2.28. The Balaban J connectivity index is 2.12. The summed E-state index contributed by atoms with van der Waals surface area (Å²) >= 11 is 5.89. The van der Waals surface area contributed by atoms with Gasteiger partial charge < -0.3 is 10.6 Å². The van der Waals surface area contributed by atoms with Crippen molar-refractivity contribution in [2.24, 2.45) is 5.73 Å². The molecule has 0 aromatic heterocycles. The molecule has 1 aliphatic heterocycles. The van der Waals surface area contributed by atoms with Crippen molar-refractivity contribution in [2.75, 3.05) is 33.7 Å². The van der Waals surface area contributed by atoms with E-state index in [0.29, 0.717) is 6.04 Å². The minimum Gasteiger partial charge on any atom is -0.323 e. The maximum absolute atomic E-state index is 6.36. The fourth-order valence-corrected chi connectivity index (χ4v) is 2.47. The van der Waals surface area contributed by atoms with Crippen molar-refractivity contribution in [2.45, 2.75) is 12.1 Å². The predicted octanol–water partition coefficient (Wildman–Crippen LogP) is 1.59. The first-order valence-electron chi connectivity index (χ1n) is 5.98. The quantitative estimate of drug-likeness (QED) is 0.869. The standard InChI is InChI=1S/C13H20ClN3/c1-16-7-8-17(2)12(9-16)13(15)10-3-5-11(14)6-4-10/h3-6,12-13H,7-9,15H2,1-2H3. The summed E-state index contributed by atoms with van der Waals surface area (Å²) in [5.41, 5.74) is 7.52. The molecular formula is C13H20ClN3. The van der Waals surface area contributed by atoms with Gasteiger partial charge >= 0.3 is 0 Å². The Morgan fingerprint density at radius 1 is 1.24 bits per heavy atom. The van der Waals surface area contributed by atoms with E-state index in [-0.39, 0.29) is 6.04 Å². The third-order valence-corrected chi connectivity index (χ3v) is 3.82. The summed E-state index contributed by atoms with van der Waals surface area (Å²) < 4.78 is 0. The first-order valence-corrected chi connectivity index (χ1v) is 6.35. The Hall–Kier alpha value is -0.610. The zero-order chi connectivity index (χ0) is 12.4. The largest absolute Gasteiger partial charge is 0.323 e. The third kappa shape index (κ3) is 2.99. The lowest BCUT2D eigenvalue weighted by Gasteiger charge is -2.40. The number of hydrogen-bond acceptors (Lipinski definition) is 3. The van der Waals surface area contributed by atoms with Crippen molar-refractivity contribution in [3.05, 3.63) is 34.9 Å². The Bertz CT molecular complexity index is 365. The van der Waals surface area contributed by atoms with Gasteiger partial charge in [0.05, 0.1) is 0 Å². The van der Waals surface area contributed by atoms with Crippen molar-refractivity contribution < 1.29 is 0 Å². The number of rotatable bonds is 2. The molecule has 1 heterocycles. The SMILES string of the molecule is CN1CCN(C)C(C(N)c2ccc(Cl)cc2)C1. The van der Waals surface area contributed by atoms with Crippen molar-refractivity contribution in [1.29, 1.82) is 0 Å². The number of halogens is 1. The second-order valence-electron chi connectivity index (χ2n) is 4.89. The van der Waals surface area contributed by atoms with E-state index in [1.54, 1.807) is 0 Å². The molecular weight excluding hydrogens is 234 g/mol. The van der Waals surface area contributed by atoms with Gasteiger partial charge in [-0.2, -0.15) is 0 Å². The zero-order valence-electron chi connectivity index (χ0n) is 10.4. The number of likely N-dealkylation sites (N-methyl/N-ethyl adjacent to an activating group) is 2. The van der Waals surface area contributed by atoms with E-state index >= 15 is 0 Å². The molecule has 0 spiro atoms. The highest BCUT2D eigenvalue weighted by atomic mass is 35.5. The third-order valence-electron chi connectivity index (χ3n) is 3.57. The summed E-state index contributed by atoms with van der Waals surface area (Å²) in [7, 11) is 4.29. The minimum atomic E-state index is 0.0417. The van der Waals surface area contributed by atoms with Crippen LogP contribution in [-0.2, 0) is 0 Å². The fraction of sp³-hybridized carbons (Fsp3) is 0.538. The first kappa shape index (κ1) is 12.8. The molecule has 4 heteroatoms. The lowest BCUT2D eigenvalue weighted by Crippen LogP contribution is -2.54. The second-order valence-corrected chi connectivity index (χ2v) is 5.32. The summed E-state index contributed by atoms with van der Waals surface area (Å²) in [6.07, 6.45) is 0. The van der Waals surface area contributed by atoms with Crippen LogP contribution in [0.5, 0.6) is 0 Å². The van der Waals surface area contributed by atoms with Crippen LogP contribution in [0.1, 0.15) is 11.6 Å². The molecule has 1 aromatic carbocycles. The maximum atomic E-state index is 6.36. The average molecular weight is 254 g/mol. The van der Waals surface area contributed by atoms with Gasteiger partial charge in [-0.25, -0.2) is 0 Å². The first-order chi connectivity index (χ1) is 8.08. The molecule has 1 aromatic rings. The van der Waals surface area contributed by atoms with Gasteiger partial charge in [-0.3, -0.25) is 4.90 Å². The van der Waals surface area contributed by atoms with E-state index < -0.39 is 0 Å². The van der Waals surface area contributed by atoms with Crippen molar-refractivity contribution >= 4 is 11.6 Å². The molecule has 17 heavy (non-hydrogen) atoms. The molecule has 2 rings (SSSR count). The number of nitrogens with two attached hydrogens (primary N) is 1. The summed E-state index contributed by atoms with van der Waals surface area (Å²) in [6, 6.07) is 8.27.